The van der Waals surface area contributed by atoms with Gasteiger partial charge in [-0.15, -0.1) is 0 Å². The average molecular weight is 251 g/mol. The highest BCUT2D eigenvalue weighted by Crippen LogP contribution is 2.22. The summed E-state index contributed by atoms with van der Waals surface area (Å²) < 4.78 is 5.03. The smallest absolute Gasteiger partial charge is 0.255 e. The first-order chi connectivity index (χ1) is 8.69. The van der Waals surface area contributed by atoms with Crippen LogP contribution in [0.3, 0.4) is 0 Å². The normalized spacial score (nSPS) is 10.1. The Hall–Kier alpha value is -1.71. The molecule has 2 N–H and O–H groups in total. The largest absolute Gasteiger partial charge is 0.507 e. The number of nitrogens with one attached hydrogen (secondary N) is 1. The Morgan fingerprint density at radius 1 is 1.33 bits per heavy atom. The van der Waals surface area contributed by atoms with Crippen LogP contribution in [0.5, 0.6) is 11.5 Å². The minimum atomic E-state index is -0.261. The van der Waals surface area contributed by atoms with Crippen molar-refractivity contribution in [3.8, 4) is 11.5 Å². The lowest BCUT2D eigenvalue weighted by Gasteiger charge is -2.08. The molecule has 1 rings (SSSR count). The number of methoxy groups -OCH3 is 1. The third kappa shape index (κ3) is 4.28. The summed E-state index contributed by atoms with van der Waals surface area (Å²) in [5.41, 5.74) is 0.254. The van der Waals surface area contributed by atoms with Crippen LogP contribution in [0, 0.1) is 0 Å². The van der Waals surface area contributed by atoms with E-state index in [1.54, 1.807) is 6.07 Å². The second-order valence-corrected chi connectivity index (χ2v) is 4.20. The minimum absolute atomic E-state index is 0.0261. The third-order valence-electron chi connectivity index (χ3n) is 2.76. The van der Waals surface area contributed by atoms with Gasteiger partial charge in [-0.1, -0.05) is 26.2 Å². The Kier molecular flexibility index (Phi) is 6.05. The topological polar surface area (TPSA) is 58.6 Å². The molecule has 0 bridgehead atoms. The van der Waals surface area contributed by atoms with E-state index in [4.69, 9.17) is 4.74 Å². The van der Waals surface area contributed by atoms with Gasteiger partial charge in [0, 0.05) is 6.54 Å². The van der Waals surface area contributed by atoms with Crippen LogP contribution in [0.4, 0.5) is 0 Å². The van der Waals surface area contributed by atoms with Crippen molar-refractivity contribution in [3.63, 3.8) is 0 Å². The fourth-order valence-electron chi connectivity index (χ4n) is 1.67. The summed E-state index contributed by atoms with van der Waals surface area (Å²) >= 11 is 0. The van der Waals surface area contributed by atoms with Crippen molar-refractivity contribution in [3.05, 3.63) is 23.8 Å². The van der Waals surface area contributed by atoms with E-state index in [1.807, 2.05) is 0 Å². The van der Waals surface area contributed by atoms with Crippen molar-refractivity contribution < 1.29 is 14.6 Å². The number of phenolic OH excluding ortho intramolecular Hbond substituents is 1. The molecule has 0 aliphatic heterocycles. The van der Waals surface area contributed by atoms with Gasteiger partial charge in [0.1, 0.15) is 11.5 Å². The highest BCUT2D eigenvalue weighted by molar-refractivity contribution is 5.97. The average Bonchev–Trinajstić information content (AvgIpc) is 2.39. The maximum absolute atomic E-state index is 11.8. The molecule has 0 spiro atoms. The van der Waals surface area contributed by atoms with E-state index in [9.17, 15) is 9.90 Å². The zero-order chi connectivity index (χ0) is 13.4. The van der Waals surface area contributed by atoms with Gasteiger partial charge in [-0.2, -0.15) is 0 Å². The van der Waals surface area contributed by atoms with Gasteiger partial charge in [0.25, 0.3) is 5.91 Å². The number of phenols is 1. The van der Waals surface area contributed by atoms with Crippen molar-refractivity contribution in [2.24, 2.45) is 0 Å². The van der Waals surface area contributed by atoms with Crippen LogP contribution in [-0.4, -0.2) is 24.7 Å². The van der Waals surface area contributed by atoms with Gasteiger partial charge in [0.2, 0.25) is 0 Å². The molecular weight excluding hydrogens is 230 g/mol. The number of ether oxygens (including phenoxy) is 1. The van der Waals surface area contributed by atoms with E-state index in [0.717, 1.165) is 12.8 Å². The molecule has 0 saturated carbocycles. The second-order valence-electron chi connectivity index (χ2n) is 4.20. The number of aromatic hydroxyl groups is 1. The zero-order valence-electron chi connectivity index (χ0n) is 11.0. The van der Waals surface area contributed by atoms with Crippen LogP contribution in [-0.2, 0) is 0 Å². The summed E-state index contributed by atoms with van der Waals surface area (Å²) in [6, 6.07) is 4.62. The molecule has 1 aromatic rings. The van der Waals surface area contributed by atoms with Crippen LogP contribution in [0.25, 0.3) is 0 Å². The van der Waals surface area contributed by atoms with Crippen molar-refractivity contribution in [2.45, 2.75) is 32.6 Å². The Balaban J connectivity index is 2.50. The van der Waals surface area contributed by atoms with Crippen LogP contribution in [0.1, 0.15) is 43.0 Å². The number of carbonyl (C=O) groups excluding carboxylic acids is 1. The number of amides is 1. The van der Waals surface area contributed by atoms with Gasteiger partial charge in [-0.25, -0.2) is 0 Å². The fraction of sp³-hybridized carbons (Fsp3) is 0.500. The molecule has 0 unspecified atom stereocenters. The maximum Gasteiger partial charge on any atom is 0.255 e. The summed E-state index contributed by atoms with van der Waals surface area (Å²) in [7, 11) is 1.53. The molecular formula is C14H21NO3. The van der Waals surface area contributed by atoms with E-state index in [0.29, 0.717) is 12.3 Å². The third-order valence-corrected chi connectivity index (χ3v) is 2.76. The predicted molar refractivity (Wildman–Crippen MR) is 71.1 cm³/mol. The first-order valence-electron chi connectivity index (χ1n) is 6.34. The molecule has 100 valence electrons. The van der Waals surface area contributed by atoms with Gasteiger partial charge in [0.15, 0.2) is 0 Å². The molecule has 0 fully saturated rings. The Bertz CT molecular complexity index is 391. The molecule has 1 aromatic carbocycles. The van der Waals surface area contributed by atoms with E-state index in [-0.39, 0.29) is 17.2 Å². The number of carbonyl (C=O) groups is 1. The Labute approximate surface area is 108 Å². The molecule has 0 heterocycles. The summed E-state index contributed by atoms with van der Waals surface area (Å²) in [4.78, 5) is 11.8. The quantitative estimate of drug-likeness (QED) is 0.732. The number of benzene rings is 1. The monoisotopic (exact) mass is 251 g/mol. The molecule has 1 amide bonds. The standard InChI is InChI=1S/C14H21NO3/c1-3-4-5-6-9-15-14(17)12-10-11(18-2)7-8-13(12)16/h7-8,10,16H,3-6,9H2,1-2H3,(H,15,17). The molecule has 0 aliphatic rings. The number of hydrogen-bond acceptors (Lipinski definition) is 3. The molecule has 0 radical (unpaired) electrons. The van der Waals surface area contributed by atoms with Gasteiger partial charge >= 0.3 is 0 Å². The van der Waals surface area contributed by atoms with Gasteiger partial charge in [-0.05, 0) is 24.6 Å². The van der Waals surface area contributed by atoms with Crippen LogP contribution in [0.15, 0.2) is 18.2 Å². The van der Waals surface area contributed by atoms with E-state index in [1.165, 1.54) is 32.1 Å². The molecule has 4 nitrogen and oxygen atoms in total. The lowest BCUT2D eigenvalue weighted by atomic mass is 10.1. The summed E-state index contributed by atoms with van der Waals surface area (Å²) in [6.07, 6.45) is 4.43. The van der Waals surface area contributed by atoms with Crippen LogP contribution >= 0.6 is 0 Å². The molecule has 18 heavy (non-hydrogen) atoms. The number of unbranched alkanes of at least 4 members (excludes halogenated alkanes) is 3. The summed E-state index contributed by atoms with van der Waals surface area (Å²) in [6.45, 7) is 2.78. The lowest BCUT2D eigenvalue weighted by Crippen LogP contribution is -2.24. The highest BCUT2D eigenvalue weighted by atomic mass is 16.5. The molecule has 0 aromatic heterocycles. The van der Waals surface area contributed by atoms with Crippen LogP contribution in [0.2, 0.25) is 0 Å². The van der Waals surface area contributed by atoms with Gasteiger partial charge in [0.05, 0.1) is 12.7 Å². The van der Waals surface area contributed by atoms with E-state index in [2.05, 4.69) is 12.2 Å². The summed E-state index contributed by atoms with van der Waals surface area (Å²) in [5, 5.41) is 12.4. The SMILES string of the molecule is CCCCCCNC(=O)c1cc(OC)ccc1O. The van der Waals surface area contributed by atoms with Crippen molar-refractivity contribution >= 4 is 5.91 Å². The minimum Gasteiger partial charge on any atom is -0.507 e. The Morgan fingerprint density at radius 2 is 2.11 bits per heavy atom. The highest BCUT2D eigenvalue weighted by Gasteiger charge is 2.11. The molecule has 4 heteroatoms. The predicted octanol–water partition coefficient (Wildman–Crippen LogP) is 2.71. The number of rotatable bonds is 7. The van der Waals surface area contributed by atoms with E-state index >= 15 is 0 Å². The maximum atomic E-state index is 11.8. The van der Waals surface area contributed by atoms with Crippen molar-refractivity contribution in [1.29, 1.82) is 0 Å². The first kappa shape index (κ1) is 14.4. The first-order valence-corrected chi connectivity index (χ1v) is 6.34. The van der Waals surface area contributed by atoms with Crippen LogP contribution < -0.4 is 10.1 Å². The molecule has 0 saturated heterocycles. The summed E-state index contributed by atoms with van der Waals surface area (Å²) in [5.74, 6) is 0.272. The second kappa shape index (κ2) is 7.58. The molecule has 0 atom stereocenters. The zero-order valence-corrected chi connectivity index (χ0v) is 11.0. The molecule has 0 aliphatic carbocycles. The van der Waals surface area contributed by atoms with E-state index < -0.39 is 0 Å². The van der Waals surface area contributed by atoms with Crippen molar-refractivity contribution in [2.75, 3.05) is 13.7 Å². The van der Waals surface area contributed by atoms with Gasteiger partial charge in [-0.3, -0.25) is 4.79 Å². The fourth-order valence-corrected chi connectivity index (χ4v) is 1.67. The Morgan fingerprint density at radius 3 is 2.78 bits per heavy atom. The number of hydrogen-bond donors (Lipinski definition) is 2. The van der Waals surface area contributed by atoms with Gasteiger partial charge < -0.3 is 15.2 Å². The lowest BCUT2D eigenvalue weighted by molar-refractivity contribution is 0.0950. The van der Waals surface area contributed by atoms with Crippen molar-refractivity contribution in [1.82, 2.24) is 5.32 Å².